The van der Waals surface area contributed by atoms with Gasteiger partial charge in [-0.05, 0) is 41.3 Å². The minimum Gasteiger partial charge on any atom is -0.344 e. The molecule has 158 valence electrons. The highest BCUT2D eigenvalue weighted by molar-refractivity contribution is 8.01. The summed E-state index contributed by atoms with van der Waals surface area (Å²) in [6, 6.07) is 15.8. The predicted octanol–water partition coefficient (Wildman–Crippen LogP) is 5.62. The molecule has 0 aliphatic carbocycles. The van der Waals surface area contributed by atoms with E-state index in [-0.39, 0.29) is 29.3 Å². The first-order valence-electron chi connectivity index (χ1n) is 9.14. The van der Waals surface area contributed by atoms with E-state index < -0.39 is 0 Å². The van der Waals surface area contributed by atoms with Crippen molar-refractivity contribution in [3.63, 3.8) is 0 Å². The lowest BCUT2D eigenvalue weighted by Crippen LogP contribution is -2.30. The Hall–Kier alpha value is -2.82. The van der Waals surface area contributed by atoms with Gasteiger partial charge in [0.15, 0.2) is 4.34 Å². The number of hydrogen-bond acceptors (Lipinski definition) is 7. The van der Waals surface area contributed by atoms with Gasteiger partial charge in [0.25, 0.3) is 0 Å². The molecule has 0 spiro atoms. The van der Waals surface area contributed by atoms with Gasteiger partial charge in [-0.1, -0.05) is 53.4 Å². The molecule has 0 aliphatic rings. The molecule has 0 radical (unpaired) electrons. The van der Waals surface area contributed by atoms with Crippen molar-refractivity contribution < 1.29 is 13.6 Å². The first kappa shape index (κ1) is 21.4. The number of thiophene rings is 1. The van der Waals surface area contributed by atoms with Crippen LogP contribution in [-0.4, -0.2) is 21.9 Å². The number of hydrogen-bond donors (Lipinski definition) is 2. The van der Waals surface area contributed by atoms with Crippen LogP contribution in [0.25, 0.3) is 0 Å². The number of aromatic nitrogens is 2. The number of nitrogens with one attached hydrogen (secondary N) is 2. The van der Waals surface area contributed by atoms with E-state index in [2.05, 4.69) is 20.8 Å². The van der Waals surface area contributed by atoms with Crippen LogP contribution in [0.15, 0.2) is 70.4 Å². The minimum atomic E-state index is -0.383. The van der Waals surface area contributed by atoms with E-state index in [4.69, 9.17) is 0 Å². The number of para-hydroxylation sites is 1. The summed E-state index contributed by atoms with van der Waals surface area (Å²) < 4.78 is 27.6. The minimum absolute atomic E-state index is 0.136. The molecule has 2 N–H and O–H groups in total. The van der Waals surface area contributed by atoms with Crippen LogP contribution in [0.2, 0.25) is 0 Å². The van der Waals surface area contributed by atoms with Crippen LogP contribution in [0.5, 0.6) is 0 Å². The molecule has 0 saturated carbocycles. The summed E-state index contributed by atoms with van der Waals surface area (Å²) in [5.41, 5.74) is 1.11. The second kappa shape index (κ2) is 9.99. The van der Waals surface area contributed by atoms with E-state index in [0.717, 1.165) is 10.4 Å². The third-order valence-electron chi connectivity index (χ3n) is 4.19. The van der Waals surface area contributed by atoms with Gasteiger partial charge in [0, 0.05) is 4.88 Å². The molecule has 0 aliphatic heterocycles. The first-order chi connectivity index (χ1) is 15.1. The lowest BCUT2D eigenvalue weighted by atomic mass is 10.1. The standard InChI is InChI=1S/C21H16F2N4OS3/c22-14-9-7-13(8-10-14)19(17-6-3-11-29-17)25-18(28)12-30-21-27-26-20(31-21)24-16-5-2-1-4-15(16)23/h1-11,19H,12H2,(H,24,26)(H,25,28). The highest BCUT2D eigenvalue weighted by atomic mass is 32.2. The van der Waals surface area contributed by atoms with Crippen molar-refractivity contribution in [2.75, 3.05) is 11.1 Å². The molecule has 10 heteroatoms. The number of amides is 1. The van der Waals surface area contributed by atoms with Crippen molar-refractivity contribution in [2.45, 2.75) is 10.4 Å². The molecule has 1 unspecified atom stereocenters. The maximum Gasteiger partial charge on any atom is 0.231 e. The summed E-state index contributed by atoms with van der Waals surface area (Å²) in [6.45, 7) is 0. The molecule has 2 heterocycles. The number of halogens is 2. The van der Waals surface area contributed by atoms with Gasteiger partial charge >= 0.3 is 0 Å². The van der Waals surface area contributed by atoms with Gasteiger partial charge in [-0.3, -0.25) is 4.79 Å². The predicted molar refractivity (Wildman–Crippen MR) is 121 cm³/mol. The number of carbonyl (C=O) groups is 1. The van der Waals surface area contributed by atoms with Crippen LogP contribution < -0.4 is 10.6 Å². The second-order valence-electron chi connectivity index (χ2n) is 6.33. The Morgan fingerprint density at radius 1 is 1.03 bits per heavy atom. The van der Waals surface area contributed by atoms with Crippen molar-refractivity contribution >= 4 is 51.2 Å². The van der Waals surface area contributed by atoms with Crippen molar-refractivity contribution in [3.05, 3.63) is 88.1 Å². The molecule has 5 nitrogen and oxygen atoms in total. The molecule has 4 rings (SSSR count). The Balaban J connectivity index is 1.37. The van der Waals surface area contributed by atoms with Crippen LogP contribution >= 0.6 is 34.4 Å². The van der Waals surface area contributed by atoms with E-state index in [1.165, 1.54) is 52.6 Å². The third kappa shape index (κ3) is 5.66. The molecule has 0 fully saturated rings. The van der Waals surface area contributed by atoms with E-state index in [0.29, 0.717) is 15.2 Å². The maximum atomic E-state index is 13.8. The van der Waals surface area contributed by atoms with Crippen molar-refractivity contribution in [1.82, 2.24) is 15.5 Å². The van der Waals surface area contributed by atoms with Gasteiger partial charge in [-0.25, -0.2) is 8.78 Å². The highest BCUT2D eigenvalue weighted by Gasteiger charge is 2.19. The van der Waals surface area contributed by atoms with Gasteiger partial charge in [0.05, 0.1) is 17.5 Å². The first-order valence-corrected chi connectivity index (χ1v) is 11.8. The van der Waals surface area contributed by atoms with Crippen LogP contribution in [0, 0.1) is 11.6 Å². The van der Waals surface area contributed by atoms with E-state index >= 15 is 0 Å². The summed E-state index contributed by atoms with van der Waals surface area (Å²) in [4.78, 5) is 13.6. The zero-order valence-corrected chi connectivity index (χ0v) is 18.4. The normalized spacial score (nSPS) is 11.8. The van der Waals surface area contributed by atoms with Crippen LogP contribution in [0.4, 0.5) is 19.6 Å². The monoisotopic (exact) mass is 474 g/mol. The fourth-order valence-corrected chi connectivity index (χ4v) is 5.13. The van der Waals surface area contributed by atoms with Gasteiger partial charge in [-0.2, -0.15) is 0 Å². The van der Waals surface area contributed by atoms with Crippen molar-refractivity contribution in [1.29, 1.82) is 0 Å². The van der Waals surface area contributed by atoms with Crippen LogP contribution in [0.1, 0.15) is 16.5 Å². The Morgan fingerprint density at radius 3 is 2.58 bits per heavy atom. The lowest BCUT2D eigenvalue weighted by molar-refractivity contribution is -0.119. The molecule has 4 aromatic rings. The number of anilines is 2. The second-order valence-corrected chi connectivity index (χ2v) is 9.51. The zero-order chi connectivity index (χ0) is 21.6. The zero-order valence-electron chi connectivity index (χ0n) is 15.9. The largest absolute Gasteiger partial charge is 0.344 e. The van der Waals surface area contributed by atoms with Crippen molar-refractivity contribution in [2.24, 2.45) is 0 Å². The molecule has 0 bridgehead atoms. The van der Waals surface area contributed by atoms with Gasteiger partial charge in [-0.15, -0.1) is 21.5 Å². The van der Waals surface area contributed by atoms with Crippen LogP contribution in [0.3, 0.4) is 0 Å². The van der Waals surface area contributed by atoms with Crippen LogP contribution in [-0.2, 0) is 4.79 Å². The summed E-state index contributed by atoms with van der Waals surface area (Å²) in [5, 5.41) is 16.3. The number of rotatable bonds is 8. The molecule has 31 heavy (non-hydrogen) atoms. The maximum absolute atomic E-state index is 13.8. The molecule has 2 aromatic heterocycles. The van der Waals surface area contributed by atoms with E-state index in [1.54, 1.807) is 30.3 Å². The molecule has 2 aromatic carbocycles. The third-order valence-corrected chi connectivity index (χ3v) is 7.09. The average molecular weight is 475 g/mol. The van der Waals surface area contributed by atoms with Crippen molar-refractivity contribution in [3.8, 4) is 0 Å². The number of carbonyl (C=O) groups excluding carboxylic acids is 1. The molecule has 1 atom stereocenters. The summed E-state index contributed by atoms with van der Waals surface area (Å²) >= 11 is 4.00. The summed E-state index contributed by atoms with van der Waals surface area (Å²) in [7, 11) is 0. The van der Waals surface area contributed by atoms with Gasteiger partial charge in [0.1, 0.15) is 11.6 Å². The average Bonchev–Trinajstić information content (AvgIpc) is 3.45. The smallest absolute Gasteiger partial charge is 0.231 e. The molecule has 0 saturated heterocycles. The number of benzene rings is 2. The number of nitrogens with zero attached hydrogens (tertiary/aromatic N) is 2. The lowest BCUT2D eigenvalue weighted by Gasteiger charge is -2.18. The molecular weight excluding hydrogens is 458 g/mol. The van der Waals surface area contributed by atoms with Gasteiger partial charge in [0.2, 0.25) is 11.0 Å². The van der Waals surface area contributed by atoms with Gasteiger partial charge < -0.3 is 10.6 Å². The molecule has 1 amide bonds. The Labute approximate surface area is 189 Å². The number of thioether (sulfide) groups is 1. The topological polar surface area (TPSA) is 66.9 Å². The van der Waals surface area contributed by atoms with E-state index in [9.17, 15) is 13.6 Å². The fourth-order valence-electron chi connectivity index (χ4n) is 2.76. The Kier molecular flexibility index (Phi) is 6.90. The highest BCUT2D eigenvalue weighted by Crippen LogP contribution is 2.30. The summed E-state index contributed by atoms with van der Waals surface area (Å²) in [5.74, 6) is -0.762. The quantitative estimate of drug-likeness (QED) is 0.325. The summed E-state index contributed by atoms with van der Waals surface area (Å²) in [6.07, 6.45) is 0. The van der Waals surface area contributed by atoms with E-state index in [1.807, 2.05) is 17.5 Å². The Morgan fingerprint density at radius 2 is 1.84 bits per heavy atom. The SMILES string of the molecule is O=C(CSc1nnc(Nc2ccccc2F)s1)NC(c1ccc(F)cc1)c1cccs1. The molecular formula is C21H16F2N4OS3. The fraction of sp³-hybridized carbons (Fsp3) is 0.0952. The Bertz CT molecular complexity index is 1150.